The third-order valence-electron chi connectivity index (χ3n) is 3.31. The molecule has 1 amide bonds. The monoisotopic (exact) mass is 247 g/mol. The molecule has 88 valence electrons. The van der Waals surface area contributed by atoms with Crippen molar-refractivity contribution < 1.29 is 9.21 Å². The van der Waals surface area contributed by atoms with E-state index >= 15 is 0 Å². The van der Waals surface area contributed by atoms with Crippen molar-refractivity contribution in [2.24, 2.45) is 0 Å². The van der Waals surface area contributed by atoms with Gasteiger partial charge in [-0.2, -0.15) is 0 Å². The van der Waals surface area contributed by atoms with Crippen LogP contribution in [0.2, 0.25) is 0 Å². The molecule has 3 nitrogen and oxygen atoms in total. The molecule has 0 radical (unpaired) electrons. The van der Waals surface area contributed by atoms with Crippen LogP contribution in [0.3, 0.4) is 0 Å². The molecule has 1 aliphatic heterocycles. The molecule has 2 aromatic heterocycles. The van der Waals surface area contributed by atoms with E-state index in [9.17, 15) is 4.79 Å². The van der Waals surface area contributed by atoms with Crippen LogP contribution < -0.4 is 0 Å². The molecular formula is C13H13NO2S. The largest absolute Gasteiger partial charge is 0.472 e. The average molecular weight is 247 g/mol. The minimum atomic E-state index is 0.0584. The fourth-order valence-electron chi connectivity index (χ4n) is 2.34. The Morgan fingerprint density at radius 2 is 2.41 bits per heavy atom. The van der Waals surface area contributed by atoms with Gasteiger partial charge in [-0.15, -0.1) is 11.3 Å². The molecule has 0 aliphatic carbocycles. The van der Waals surface area contributed by atoms with Crippen molar-refractivity contribution in [2.45, 2.75) is 19.4 Å². The molecule has 2 aromatic rings. The highest BCUT2D eigenvalue weighted by atomic mass is 32.1. The molecule has 1 unspecified atom stereocenters. The lowest BCUT2D eigenvalue weighted by atomic mass is 10.0. The van der Waals surface area contributed by atoms with E-state index in [4.69, 9.17) is 4.42 Å². The van der Waals surface area contributed by atoms with Crippen LogP contribution in [-0.2, 0) is 6.42 Å². The van der Waals surface area contributed by atoms with Crippen LogP contribution in [-0.4, -0.2) is 17.4 Å². The van der Waals surface area contributed by atoms with Crippen molar-refractivity contribution >= 4 is 17.2 Å². The van der Waals surface area contributed by atoms with Gasteiger partial charge in [-0.05, 0) is 36.4 Å². The molecular weight excluding hydrogens is 234 g/mol. The van der Waals surface area contributed by atoms with Crippen LogP contribution in [0.15, 0.2) is 34.5 Å². The third kappa shape index (κ3) is 1.69. The summed E-state index contributed by atoms with van der Waals surface area (Å²) >= 11 is 1.78. The van der Waals surface area contributed by atoms with Crippen LogP contribution in [0.4, 0.5) is 0 Å². The molecule has 3 rings (SSSR count). The van der Waals surface area contributed by atoms with Crippen LogP contribution in [0, 0.1) is 0 Å². The molecule has 0 bridgehead atoms. The number of fused-ring (bicyclic) bond motifs is 1. The van der Waals surface area contributed by atoms with E-state index in [1.165, 1.54) is 23.0 Å². The summed E-state index contributed by atoms with van der Waals surface area (Å²) in [7, 11) is 0. The summed E-state index contributed by atoms with van der Waals surface area (Å²) in [5, 5.41) is 2.10. The van der Waals surface area contributed by atoms with Crippen molar-refractivity contribution in [3.8, 4) is 0 Å². The SMILES string of the molecule is CC1c2ccsc2CCN1C(=O)c1ccoc1. The first-order valence-electron chi connectivity index (χ1n) is 5.67. The van der Waals surface area contributed by atoms with Crippen LogP contribution in [0.1, 0.15) is 33.8 Å². The Kier molecular flexibility index (Phi) is 2.52. The van der Waals surface area contributed by atoms with Crippen LogP contribution in [0.5, 0.6) is 0 Å². The maximum Gasteiger partial charge on any atom is 0.257 e. The zero-order valence-electron chi connectivity index (χ0n) is 9.55. The normalized spacial score (nSPS) is 19.1. The van der Waals surface area contributed by atoms with Crippen molar-refractivity contribution in [2.75, 3.05) is 6.54 Å². The predicted octanol–water partition coefficient (Wildman–Crippen LogP) is 3.10. The van der Waals surface area contributed by atoms with Gasteiger partial charge < -0.3 is 9.32 Å². The summed E-state index contributed by atoms with van der Waals surface area (Å²) in [6, 6.07) is 4.00. The van der Waals surface area contributed by atoms with Gasteiger partial charge in [0, 0.05) is 11.4 Å². The Morgan fingerprint density at radius 3 is 3.18 bits per heavy atom. The highest BCUT2D eigenvalue weighted by Gasteiger charge is 2.29. The molecule has 0 N–H and O–H groups in total. The van der Waals surface area contributed by atoms with E-state index in [-0.39, 0.29) is 11.9 Å². The van der Waals surface area contributed by atoms with Gasteiger partial charge in [0.25, 0.3) is 5.91 Å². The van der Waals surface area contributed by atoms with Gasteiger partial charge in [0.2, 0.25) is 0 Å². The number of carbonyl (C=O) groups is 1. The summed E-state index contributed by atoms with van der Waals surface area (Å²) in [6.07, 6.45) is 4.01. The first-order chi connectivity index (χ1) is 8.27. The summed E-state index contributed by atoms with van der Waals surface area (Å²) < 4.78 is 4.97. The van der Waals surface area contributed by atoms with E-state index < -0.39 is 0 Å². The maximum absolute atomic E-state index is 12.3. The van der Waals surface area contributed by atoms with Gasteiger partial charge in [0.05, 0.1) is 17.9 Å². The Bertz CT molecular complexity index is 529. The standard InChI is InChI=1S/C13H13NO2S/c1-9-11-4-7-17-12(11)2-5-14(9)13(15)10-3-6-16-8-10/h3-4,6-9H,2,5H2,1H3. The fourth-order valence-corrected chi connectivity index (χ4v) is 3.30. The second-order valence-electron chi connectivity index (χ2n) is 4.24. The molecule has 1 aliphatic rings. The number of thiophene rings is 1. The predicted molar refractivity (Wildman–Crippen MR) is 66.2 cm³/mol. The van der Waals surface area contributed by atoms with Crippen LogP contribution >= 0.6 is 11.3 Å². The van der Waals surface area contributed by atoms with E-state index in [2.05, 4.69) is 18.4 Å². The first kappa shape index (κ1) is 10.6. The van der Waals surface area contributed by atoms with E-state index in [1.54, 1.807) is 17.4 Å². The van der Waals surface area contributed by atoms with Gasteiger partial charge in [-0.25, -0.2) is 0 Å². The Labute approximate surface area is 104 Å². The molecule has 0 saturated carbocycles. The molecule has 1 atom stereocenters. The summed E-state index contributed by atoms with van der Waals surface area (Å²) in [5.41, 5.74) is 1.92. The Morgan fingerprint density at radius 1 is 1.53 bits per heavy atom. The molecule has 3 heterocycles. The lowest BCUT2D eigenvalue weighted by Crippen LogP contribution is -2.38. The number of rotatable bonds is 1. The molecule has 0 fully saturated rings. The number of amides is 1. The molecule has 17 heavy (non-hydrogen) atoms. The van der Waals surface area contributed by atoms with Crippen molar-refractivity contribution in [3.63, 3.8) is 0 Å². The fraction of sp³-hybridized carbons (Fsp3) is 0.308. The second kappa shape index (κ2) is 4.04. The minimum absolute atomic E-state index is 0.0584. The number of hydrogen-bond donors (Lipinski definition) is 0. The maximum atomic E-state index is 12.3. The molecule has 4 heteroatoms. The lowest BCUT2D eigenvalue weighted by Gasteiger charge is -2.33. The number of carbonyl (C=O) groups excluding carboxylic acids is 1. The van der Waals surface area contributed by atoms with Gasteiger partial charge in [0.1, 0.15) is 6.26 Å². The third-order valence-corrected chi connectivity index (χ3v) is 4.30. The zero-order valence-corrected chi connectivity index (χ0v) is 10.4. The van der Waals surface area contributed by atoms with E-state index in [1.807, 2.05) is 4.90 Å². The smallest absolute Gasteiger partial charge is 0.257 e. The highest BCUT2D eigenvalue weighted by molar-refractivity contribution is 7.10. The number of furan rings is 1. The Balaban J connectivity index is 1.89. The summed E-state index contributed by atoms with van der Waals surface area (Å²) in [4.78, 5) is 15.6. The average Bonchev–Trinajstić information content (AvgIpc) is 3.00. The lowest BCUT2D eigenvalue weighted by molar-refractivity contribution is 0.0678. The van der Waals surface area contributed by atoms with Gasteiger partial charge >= 0.3 is 0 Å². The second-order valence-corrected chi connectivity index (χ2v) is 5.24. The van der Waals surface area contributed by atoms with E-state index in [0.29, 0.717) is 5.56 Å². The Hall–Kier alpha value is -1.55. The topological polar surface area (TPSA) is 33.5 Å². The minimum Gasteiger partial charge on any atom is -0.472 e. The molecule has 0 saturated heterocycles. The van der Waals surface area contributed by atoms with Gasteiger partial charge in [0.15, 0.2) is 0 Å². The van der Waals surface area contributed by atoms with Gasteiger partial charge in [-0.1, -0.05) is 0 Å². The van der Waals surface area contributed by atoms with Crippen molar-refractivity contribution in [1.29, 1.82) is 0 Å². The number of nitrogens with zero attached hydrogens (tertiary/aromatic N) is 1. The molecule has 0 spiro atoms. The van der Waals surface area contributed by atoms with Crippen molar-refractivity contribution in [3.05, 3.63) is 46.0 Å². The van der Waals surface area contributed by atoms with Gasteiger partial charge in [-0.3, -0.25) is 4.79 Å². The first-order valence-corrected chi connectivity index (χ1v) is 6.55. The summed E-state index contributed by atoms with van der Waals surface area (Å²) in [6.45, 7) is 2.88. The number of hydrogen-bond acceptors (Lipinski definition) is 3. The molecule has 0 aromatic carbocycles. The zero-order chi connectivity index (χ0) is 11.8. The van der Waals surface area contributed by atoms with E-state index in [0.717, 1.165) is 13.0 Å². The van der Waals surface area contributed by atoms with Crippen molar-refractivity contribution in [1.82, 2.24) is 4.90 Å². The quantitative estimate of drug-likeness (QED) is 0.776. The highest BCUT2D eigenvalue weighted by Crippen LogP contribution is 2.33. The summed E-state index contributed by atoms with van der Waals surface area (Å²) in [5.74, 6) is 0.0584. The van der Waals surface area contributed by atoms with Crippen LogP contribution in [0.25, 0.3) is 0 Å².